The third kappa shape index (κ3) is 5.82. The van der Waals surface area contributed by atoms with Gasteiger partial charge in [0.15, 0.2) is 0 Å². The van der Waals surface area contributed by atoms with E-state index in [1.165, 1.54) is 12.8 Å². The second-order valence-electron chi connectivity index (χ2n) is 11.2. The number of carbonyl (C=O) groups is 1. The molecule has 0 aromatic heterocycles. The van der Waals surface area contributed by atoms with Crippen molar-refractivity contribution in [3.05, 3.63) is 58.6 Å². The molecule has 2 aromatic carbocycles. The van der Waals surface area contributed by atoms with Gasteiger partial charge in [-0.1, -0.05) is 17.7 Å². The number of hydrogen-bond acceptors (Lipinski definition) is 5. The molecule has 0 radical (unpaired) electrons. The van der Waals surface area contributed by atoms with Crippen molar-refractivity contribution in [2.75, 3.05) is 37.6 Å². The van der Waals surface area contributed by atoms with Crippen LogP contribution in [0.2, 0.25) is 5.02 Å². The first-order valence-corrected chi connectivity index (χ1v) is 13.7. The van der Waals surface area contributed by atoms with E-state index < -0.39 is 6.10 Å². The van der Waals surface area contributed by atoms with Crippen LogP contribution in [0.15, 0.2) is 42.5 Å². The monoisotopic (exact) mass is 511 g/mol. The van der Waals surface area contributed by atoms with Crippen LogP contribution in [0.5, 0.6) is 5.75 Å². The van der Waals surface area contributed by atoms with Crippen molar-refractivity contribution < 1.29 is 14.6 Å². The molecule has 0 saturated carbocycles. The number of amides is 1. The van der Waals surface area contributed by atoms with E-state index in [0.29, 0.717) is 18.1 Å². The minimum Gasteiger partial charge on any atom is -0.488 e. The number of likely N-dealkylation sites (tertiary alicyclic amines) is 1. The number of fused-ring (bicyclic) bond motifs is 1. The highest BCUT2D eigenvalue weighted by atomic mass is 35.5. The Morgan fingerprint density at radius 2 is 1.92 bits per heavy atom. The van der Waals surface area contributed by atoms with Gasteiger partial charge in [-0.2, -0.15) is 0 Å². The number of aliphatic hydroxyl groups excluding tert-OH is 1. The molecular formula is C29H38ClN3O3. The lowest BCUT2D eigenvalue weighted by atomic mass is 9.91. The molecule has 2 saturated heterocycles. The Kier molecular flexibility index (Phi) is 7.47. The van der Waals surface area contributed by atoms with Gasteiger partial charge in [0, 0.05) is 30.3 Å². The Labute approximate surface area is 219 Å². The highest BCUT2D eigenvalue weighted by Crippen LogP contribution is 2.35. The summed E-state index contributed by atoms with van der Waals surface area (Å²) >= 11 is 6.04. The van der Waals surface area contributed by atoms with Crippen LogP contribution >= 0.6 is 11.6 Å². The molecule has 2 aromatic rings. The zero-order chi connectivity index (χ0) is 25.3. The normalized spacial score (nSPS) is 23.1. The molecule has 2 N–H and O–H groups in total. The van der Waals surface area contributed by atoms with Crippen LogP contribution in [-0.2, 0) is 11.2 Å². The van der Waals surface area contributed by atoms with Gasteiger partial charge < -0.3 is 25.0 Å². The van der Waals surface area contributed by atoms with E-state index in [1.807, 2.05) is 36.4 Å². The lowest BCUT2D eigenvalue weighted by Crippen LogP contribution is -2.48. The highest BCUT2D eigenvalue weighted by molar-refractivity contribution is 6.30. The summed E-state index contributed by atoms with van der Waals surface area (Å²) in [4.78, 5) is 18.0. The van der Waals surface area contributed by atoms with Gasteiger partial charge in [-0.05, 0) is 107 Å². The summed E-state index contributed by atoms with van der Waals surface area (Å²) < 4.78 is 6.14. The number of anilines is 1. The van der Waals surface area contributed by atoms with Crippen molar-refractivity contribution in [1.29, 1.82) is 0 Å². The smallest absolute Gasteiger partial charge is 0.225 e. The summed E-state index contributed by atoms with van der Waals surface area (Å²) in [5.41, 5.74) is 2.89. The fourth-order valence-electron chi connectivity index (χ4n) is 5.72. The summed E-state index contributed by atoms with van der Waals surface area (Å²) in [7, 11) is 0. The predicted molar refractivity (Wildman–Crippen MR) is 144 cm³/mol. The van der Waals surface area contributed by atoms with E-state index >= 15 is 0 Å². The number of benzene rings is 2. The largest absolute Gasteiger partial charge is 0.488 e. The van der Waals surface area contributed by atoms with Gasteiger partial charge in [0.05, 0.1) is 12.0 Å². The Morgan fingerprint density at radius 3 is 2.67 bits per heavy atom. The number of aliphatic hydroxyl groups is 1. The molecule has 5 rings (SSSR count). The van der Waals surface area contributed by atoms with Gasteiger partial charge in [-0.25, -0.2) is 0 Å². The number of ether oxygens (including phenoxy) is 1. The average molecular weight is 512 g/mol. The first-order valence-electron chi connectivity index (χ1n) is 13.3. The van der Waals surface area contributed by atoms with E-state index in [9.17, 15) is 9.90 Å². The minimum atomic E-state index is -0.774. The van der Waals surface area contributed by atoms with Crippen molar-refractivity contribution in [1.82, 2.24) is 10.2 Å². The molecule has 3 heterocycles. The maximum absolute atomic E-state index is 13.4. The highest BCUT2D eigenvalue weighted by Gasteiger charge is 2.34. The zero-order valence-corrected chi connectivity index (χ0v) is 22.1. The Hall–Kier alpha value is -2.28. The summed E-state index contributed by atoms with van der Waals surface area (Å²) in [6.45, 7) is 8.40. The lowest BCUT2D eigenvalue weighted by Gasteiger charge is -2.34. The molecule has 3 atom stereocenters. The summed E-state index contributed by atoms with van der Waals surface area (Å²) in [5.74, 6) is 0.821. The zero-order valence-electron chi connectivity index (χ0n) is 21.4. The van der Waals surface area contributed by atoms with Crippen LogP contribution in [0.4, 0.5) is 5.69 Å². The van der Waals surface area contributed by atoms with Crippen LogP contribution in [0, 0.1) is 5.92 Å². The predicted octanol–water partition coefficient (Wildman–Crippen LogP) is 4.58. The molecule has 0 spiro atoms. The van der Waals surface area contributed by atoms with Crippen LogP contribution < -0.4 is 15.0 Å². The minimum absolute atomic E-state index is 0.0257. The number of aryl methyl sites for hydroxylation is 1. The molecule has 6 nitrogen and oxygen atoms in total. The standard InChI is InChI=1S/C29H38ClN3O3/c1-29(2)13-11-20-17-21(5-10-26(20)36-29)27(34)25(19-32-14-3-4-15-32)31-28(35)22-12-16-33(18-22)24-8-6-23(30)7-9-24/h5-10,17,22,25,27,34H,3-4,11-16,18-19H2,1-2H3,(H,31,35)/t22-,25-,27-/m1/s1. The first kappa shape index (κ1) is 25.4. The molecule has 0 aliphatic carbocycles. The molecule has 194 valence electrons. The summed E-state index contributed by atoms with van der Waals surface area (Å²) in [5, 5.41) is 15.4. The van der Waals surface area contributed by atoms with E-state index in [4.69, 9.17) is 16.3 Å². The van der Waals surface area contributed by atoms with E-state index in [1.54, 1.807) is 0 Å². The van der Waals surface area contributed by atoms with Gasteiger partial charge in [0.2, 0.25) is 5.91 Å². The third-order valence-electron chi connectivity index (χ3n) is 7.92. The molecule has 2 fully saturated rings. The lowest BCUT2D eigenvalue weighted by molar-refractivity contribution is -0.126. The number of hydrogen-bond donors (Lipinski definition) is 2. The van der Waals surface area contributed by atoms with Crippen LogP contribution in [0.3, 0.4) is 0 Å². The maximum Gasteiger partial charge on any atom is 0.225 e. The molecule has 3 aliphatic rings. The van der Waals surface area contributed by atoms with Crippen LogP contribution in [0.25, 0.3) is 0 Å². The van der Waals surface area contributed by atoms with E-state index in [0.717, 1.165) is 61.5 Å². The second-order valence-corrected chi connectivity index (χ2v) is 11.6. The van der Waals surface area contributed by atoms with Crippen molar-refractivity contribution in [2.24, 2.45) is 5.92 Å². The topological polar surface area (TPSA) is 65.0 Å². The molecule has 0 unspecified atom stereocenters. The molecule has 0 bridgehead atoms. The second kappa shape index (κ2) is 10.6. The quantitative estimate of drug-likeness (QED) is 0.569. The van der Waals surface area contributed by atoms with Gasteiger partial charge >= 0.3 is 0 Å². The third-order valence-corrected chi connectivity index (χ3v) is 8.17. The first-order chi connectivity index (χ1) is 17.3. The Balaban J connectivity index is 1.28. The summed E-state index contributed by atoms with van der Waals surface area (Å²) in [6, 6.07) is 13.4. The number of nitrogens with zero attached hydrogens (tertiary/aromatic N) is 2. The average Bonchev–Trinajstić information content (AvgIpc) is 3.55. The van der Waals surface area contributed by atoms with E-state index in [-0.39, 0.29) is 23.5 Å². The van der Waals surface area contributed by atoms with Gasteiger partial charge in [-0.15, -0.1) is 0 Å². The van der Waals surface area contributed by atoms with E-state index in [2.05, 4.69) is 35.0 Å². The van der Waals surface area contributed by atoms with Gasteiger partial charge in [-0.3, -0.25) is 4.79 Å². The Bertz CT molecular complexity index is 1070. The van der Waals surface area contributed by atoms with Crippen LogP contribution in [-0.4, -0.2) is 60.3 Å². The fourth-order valence-corrected chi connectivity index (χ4v) is 5.85. The van der Waals surface area contributed by atoms with Crippen molar-refractivity contribution in [3.63, 3.8) is 0 Å². The van der Waals surface area contributed by atoms with Gasteiger partial charge in [0.25, 0.3) is 0 Å². The molecule has 36 heavy (non-hydrogen) atoms. The molecular weight excluding hydrogens is 474 g/mol. The van der Waals surface area contributed by atoms with Gasteiger partial charge in [0.1, 0.15) is 17.5 Å². The molecule has 7 heteroatoms. The number of halogens is 1. The number of rotatable bonds is 7. The molecule has 1 amide bonds. The number of nitrogens with one attached hydrogen (secondary N) is 1. The maximum atomic E-state index is 13.4. The Morgan fingerprint density at radius 1 is 1.17 bits per heavy atom. The summed E-state index contributed by atoms with van der Waals surface area (Å²) in [6.07, 6.45) is 4.23. The number of carbonyl (C=O) groups excluding carboxylic acids is 1. The van der Waals surface area contributed by atoms with Crippen LogP contribution in [0.1, 0.15) is 56.8 Å². The molecule has 3 aliphatic heterocycles. The van der Waals surface area contributed by atoms with Crippen molar-refractivity contribution >= 4 is 23.2 Å². The fraction of sp³-hybridized carbons (Fsp3) is 0.552. The van der Waals surface area contributed by atoms with Crippen molar-refractivity contribution in [3.8, 4) is 5.75 Å². The van der Waals surface area contributed by atoms with Crippen molar-refractivity contribution in [2.45, 2.75) is 63.7 Å². The SMILES string of the molecule is CC1(C)CCc2cc([C@@H](O)[C@@H](CN3CCCC3)NC(=O)[C@@H]3CCN(c4ccc(Cl)cc4)C3)ccc2O1.